The van der Waals surface area contributed by atoms with Crippen LogP contribution < -0.4 is 4.74 Å². The van der Waals surface area contributed by atoms with Crippen LogP contribution in [-0.4, -0.2) is 24.3 Å². The van der Waals surface area contributed by atoms with Crippen molar-refractivity contribution in [2.45, 2.75) is 26.8 Å². The first-order chi connectivity index (χ1) is 12.9. The van der Waals surface area contributed by atoms with E-state index in [2.05, 4.69) is 4.57 Å². The second kappa shape index (κ2) is 8.24. The maximum absolute atomic E-state index is 12.1. The smallest absolute Gasteiger partial charge is 0.310 e. The third-order valence-corrected chi connectivity index (χ3v) is 5.23. The van der Waals surface area contributed by atoms with Gasteiger partial charge in [-0.1, -0.05) is 23.2 Å². The summed E-state index contributed by atoms with van der Waals surface area (Å²) in [6, 6.07) is 11.3. The van der Waals surface area contributed by atoms with Gasteiger partial charge in [-0.2, -0.15) is 0 Å². The van der Waals surface area contributed by atoms with Crippen molar-refractivity contribution >= 4 is 40.1 Å². The Labute approximate surface area is 168 Å². The van der Waals surface area contributed by atoms with E-state index in [9.17, 15) is 4.79 Å². The molecule has 4 nitrogen and oxygen atoms in total. The van der Waals surface area contributed by atoms with Gasteiger partial charge in [0.2, 0.25) is 0 Å². The zero-order chi connectivity index (χ0) is 19.6. The molecule has 0 fully saturated rings. The van der Waals surface area contributed by atoms with Crippen molar-refractivity contribution in [1.82, 2.24) is 4.57 Å². The first-order valence-corrected chi connectivity index (χ1v) is 9.45. The molecule has 3 rings (SSSR count). The summed E-state index contributed by atoms with van der Waals surface area (Å²) in [5, 5.41) is 2.26. The van der Waals surface area contributed by atoms with Crippen LogP contribution >= 0.6 is 23.2 Å². The molecule has 0 aliphatic carbocycles. The van der Waals surface area contributed by atoms with Gasteiger partial charge in [0.05, 0.1) is 20.1 Å². The Morgan fingerprint density at radius 3 is 2.63 bits per heavy atom. The molecule has 0 saturated carbocycles. The summed E-state index contributed by atoms with van der Waals surface area (Å²) < 4.78 is 12.7. The normalized spacial score (nSPS) is 11.0. The summed E-state index contributed by atoms with van der Waals surface area (Å²) in [5.41, 5.74) is 3.84. The maximum atomic E-state index is 12.1. The highest BCUT2D eigenvalue weighted by Crippen LogP contribution is 2.32. The Bertz CT molecular complexity index is 995. The van der Waals surface area contributed by atoms with Gasteiger partial charge in [-0.05, 0) is 61.4 Å². The number of carbonyl (C=O) groups is 1. The Balaban J connectivity index is 2.13. The van der Waals surface area contributed by atoms with E-state index >= 15 is 0 Å². The van der Waals surface area contributed by atoms with E-state index in [0.717, 1.165) is 33.5 Å². The fraction of sp³-hybridized carbons (Fsp3) is 0.286. The lowest BCUT2D eigenvalue weighted by atomic mass is 10.1. The summed E-state index contributed by atoms with van der Waals surface area (Å²) in [5.74, 6) is 0.494. The zero-order valence-electron chi connectivity index (χ0n) is 15.5. The van der Waals surface area contributed by atoms with E-state index in [-0.39, 0.29) is 12.4 Å². The summed E-state index contributed by atoms with van der Waals surface area (Å²) in [7, 11) is 1.63. The monoisotopic (exact) mass is 405 g/mol. The third-order valence-electron chi connectivity index (χ3n) is 4.62. The SMILES string of the molecule is CCOC(=O)Cc1c(C)n(Cc2cc(Cl)ccc2Cl)c2ccc(OC)cc12. The molecule has 0 bridgehead atoms. The second-order valence-electron chi connectivity index (χ2n) is 6.25. The highest BCUT2D eigenvalue weighted by atomic mass is 35.5. The molecular formula is C21H21Cl2NO3. The summed E-state index contributed by atoms with van der Waals surface area (Å²) in [4.78, 5) is 12.1. The molecule has 0 aliphatic rings. The second-order valence-corrected chi connectivity index (χ2v) is 7.09. The number of rotatable bonds is 6. The van der Waals surface area contributed by atoms with E-state index in [0.29, 0.717) is 23.2 Å². The summed E-state index contributed by atoms with van der Waals surface area (Å²) >= 11 is 12.5. The van der Waals surface area contributed by atoms with E-state index in [1.807, 2.05) is 31.2 Å². The number of benzene rings is 2. The number of ether oxygens (including phenoxy) is 2. The van der Waals surface area contributed by atoms with Gasteiger partial charge in [0.15, 0.2) is 0 Å². The van der Waals surface area contributed by atoms with Crippen molar-refractivity contribution in [3.8, 4) is 5.75 Å². The largest absolute Gasteiger partial charge is 0.497 e. The highest BCUT2D eigenvalue weighted by Gasteiger charge is 2.19. The molecule has 0 spiro atoms. The van der Waals surface area contributed by atoms with Gasteiger partial charge in [-0.25, -0.2) is 0 Å². The average Bonchev–Trinajstić information content (AvgIpc) is 2.90. The molecule has 0 saturated heterocycles. The van der Waals surface area contributed by atoms with Gasteiger partial charge in [0.25, 0.3) is 0 Å². The van der Waals surface area contributed by atoms with Crippen LogP contribution in [0.4, 0.5) is 0 Å². The van der Waals surface area contributed by atoms with Crippen molar-refractivity contribution in [2.75, 3.05) is 13.7 Å². The summed E-state index contributed by atoms with van der Waals surface area (Å²) in [6.07, 6.45) is 0.208. The van der Waals surface area contributed by atoms with E-state index < -0.39 is 0 Å². The van der Waals surface area contributed by atoms with Gasteiger partial charge in [-0.3, -0.25) is 4.79 Å². The molecule has 27 heavy (non-hydrogen) atoms. The minimum atomic E-state index is -0.247. The number of fused-ring (bicyclic) bond motifs is 1. The molecule has 6 heteroatoms. The predicted molar refractivity (Wildman–Crippen MR) is 109 cm³/mol. The number of halogens is 2. The summed E-state index contributed by atoms with van der Waals surface area (Å²) in [6.45, 7) is 4.71. The number of aromatic nitrogens is 1. The van der Waals surface area contributed by atoms with E-state index in [4.69, 9.17) is 32.7 Å². The average molecular weight is 406 g/mol. The minimum absolute atomic E-state index is 0.208. The van der Waals surface area contributed by atoms with Crippen molar-refractivity contribution in [2.24, 2.45) is 0 Å². The predicted octanol–water partition coefficient (Wildman–Crippen LogP) is 5.42. The molecule has 1 aromatic heterocycles. The lowest BCUT2D eigenvalue weighted by Crippen LogP contribution is -2.09. The quantitative estimate of drug-likeness (QED) is 0.514. The van der Waals surface area contributed by atoms with Gasteiger partial charge in [0, 0.05) is 33.2 Å². The molecule has 0 amide bonds. The number of hydrogen-bond donors (Lipinski definition) is 0. The van der Waals surface area contributed by atoms with E-state index in [1.54, 1.807) is 26.2 Å². The fourth-order valence-electron chi connectivity index (χ4n) is 3.28. The van der Waals surface area contributed by atoms with Crippen molar-refractivity contribution in [3.05, 3.63) is 63.3 Å². The van der Waals surface area contributed by atoms with Crippen LogP contribution in [0.2, 0.25) is 10.0 Å². The number of methoxy groups -OCH3 is 1. The highest BCUT2D eigenvalue weighted by molar-refractivity contribution is 6.33. The Morgan fingerprint density at radius 1 is 1.15 bits per heavy atom. The zero-order valence-corrected chi connectivity index (χ0v) is 17.0. The van der Waals surface area contributed by atoms with Crippen molar-refractivity contribution < 1.29 is 14.3 Å². The number of nitrogens with zero attached hydrogens (tertiary/aromatic N) is 1. The van der Waals surface area contributed by atoms with Gasteiger partial charge in [0.1, 0.15) is 5.75 Å². The Kier molecular flexibility index (Phi) is 5.98. The Hall–Kier alpha value is -2.17. The van der Waals surface area contributed by atoms with Crippen LogP contribution in [-0.2, 0) is 22.5 Å². The molecule has 0 aliphatic heterocycles. The molecule has 3 aromatic rings. The molecule has 0 atom stereocenters. The fourth-order valence-corrected chi connectivity index (χ4v) is 3.65. The van der Waals surface area contributed by atoms with Crippen molar-refractivity contribution in [1.29, 1.82) is 0 Å². The Morgan fingerprint density at radius 2 is 1.93 bits per heavy atom. The molecule has 142 valence electrons. The van der Waals surface area contributed by atoms with Crippen molar-refractivity contribution in [3.63, 3.8) is 0 Å². The molecular weight excluding hydrogens is 385 g/mol. The molecule has 1 heterocycles. The van der Waals surface area contributed by atoms with Crippen LogP contribution in [0.5, 0.6) is 5.75 Å². The van der Waals surface area contributed by atoms with Gasteiger partial charge in [-0.15, -0.1) is 0 Å². The van der Waals surface area contributed by atoms with Crippen LogP contribution in [0.25, 0.3) is 10.9 Å². The minimum Gasteiger partial charge on any atom is -0.497 e. The first kappa shape index (κ1) is 19.6. The maximum Gasteiger partial charge on any atom is 0.310 e. The lowest BCUT2D eigenvalue weighted by molar-refractivity contribution is -0.142. The van der Waals surface area contributed by atoms with E-state index in [1.165, 1.54) is 0 Å². The van der Waals surface area contributed by atoms with Crippen LogP contribution in [0.3, 0.4) is 0 Å². The first-order valence-electron chi connectivity index (χ1n) is 8.69. The topological polar surface area (TPSA) is 40.5 Å². The number of hydrogen-bond acceptors (Lipinski definition) is 3. The molecule has 0 radical (unpaired) electrons. The molecule has 0 N–H and O–H groups in total. The molecule has 0 unspecified atom stereocenters. The van der Waals surface area contributed by atoms with Gasteiger partial charge < -0.3 is 14.0 Å². The number of esters is 1. The molecule has 2 aromatic carbocycles. The standard InChI is InChI=1S/C21H21Cl2NO3/c1-4-27-21(25)11-17-13(2)24(12-14-9-15(22)5-7-19(14)23)20-8-6-16(26-3)10-18(17)20/h5-10H,4,11-12H2,1-3H3. The van der Waals surface area contributed by atoms with Crippen LogP contribution in [0, 0.1) is 6.92 Å². The lowest BCUT2D eigenvalue weighted by Gasteiger charge is -2.11. The van der Waals surface area contributed by atoms with Crippen LogP contribution in [0.15, 0.2) is 36.4 Å². The third kappa shape index (κ3) is 4.07. The van der Waals surface area contributed by atoms with Crippen LogP contribution in [0.1, 0.15) is 23.7 Å². The number of carbonyl (C=O) groups excluding carboxylic acids is 1. The van der Waals surface area contributed by atoms with Gasteiger partial charge >= 0.3 is 5.97 Å².